The average Bonchev–Trinajstić information content (AvgIpc) is 2.17. The van der Waals surface area contributed by atoms with E-state index in [0.29, 0.717) is 17.9 Å². The molecule has 12 heavy (non-hydrogen) atoms. The number of ether oxygens (including phenoxy) is 1. The Kier molecular flexibility index (Phi) is 1.78. The molecule has 0 bridgehead atoms. The summed E-state index contributed by atoms with van der Waals surface area (Å²) < 4.78 is 5.35. The van der Waals surface area contributed by atoms with Gasteiger partial charge in [0.15, 0.2) is 12.0 Å². The van der Waals surface area contributed by atoms with E-state index in [-0.39, 0.29) is 0 Å². The Balaban J connectivity index is 2.51. The predicted molar refractivity (Wildman–Crippen MR) is 43.4 cm³/mol. The highest BCUT2D eigenvalue weighted by Gasteiger charge is 2.14. The first-order valence-electron chi connectivity index (χ1n) is 3.97. The van der Waals surface area contributed by atoms with Crippen molar-refractivity contribution in [3.63, 3.8) is 0 Å². The van der Waals surface area contributed by atoms with Crippen LogP contribution in [0.2, 0.25) is 0 Å². The molecule has 0 aliphatic carbocycles. The molecule has 0 unspecified atom stereocenters. The van der Waals surface area contributed by atoms with Gasteiger partial charge in [-0.15, -0.1) is 0 Å². The van der Waals surface area contributed by atoms with Crippen LogP contribution in [0.25, 0.3) is 0 Å². The van der Waals surface area contributed by atoms with Crippen LogP contribution < -0.4 is 4.74 Å². The average molecular weight is 163 g/mol. The summed E-state index contributed by atoms with van der Waals surface area (Å²) in [5.74, 6) is 0.679. The third kappa shape index (κ3) is 1.07. The van der Waals surface area contributed by atoms with Gasteiger partial charge < -0.3 is 4.74 Å². The van der Waals surface area contributed by atoms with Crippen molar-refractivity contribution < 1.29 is 9.53 Å². The van der Waals surface area contributed by atoms with E-state index in [9.17, 15) is 4.79 Å². The van der Waals surface area contributed by atoms with E-state index < -0.39 is 0 Å². The molecular weight excluding hydrogens is 154 g/mol. The molecule has 0 N–H and O–H groups in total. The Hall–Kier alpha value is -1.38. The molecule has 0 amide bonds. The fourth-order valence-electron chi connectivity index (χ4n) is 1.36. The molecule has 1 aliphatic rings. The fourth-order valence-corrected chi connectivity index (χ4v) is 1.36. The Morgan fingerprint density at radius 1 is 1.58 bits per heavy atom. The summed E-state index contributed by atoms with van der Waals surface area (Å²) in [6.07, 6.45) is 4.36. The maximum atomic E-state index is 10.6. The van der Waals surface area contributed by atoms with E-state index in [1.807, 2.05) is 0 Å². The van der Waals surface area contributed by atoms with Crippen LogP contribution in [0.3, 0.4) is 0 Å². The first-order chi connectivity index (χ1) is 5.92. The second kappa shape index (κ2) is 2.93. The van der Waals surface area contributed by atoms with Crippen molar-refractivity contribution in [2.45, 2.75) is 12.8 Å². The topological polar surface area (TPSA) is 39.2 Å². The van der Waals surface area contributed by atoms with Gasteiger partial charge in [-0.05, 0) is 18.9 Å². The van der Waals surface area contributed by atoms with Crippen molar-refractivity contribution in [1.82, 2.24) is 4.98 Å². The smallest absolute Gasteiger partial charge is 0.153 e. The van der Waals surface area contributed by atoms with Crippen LogP contribution in [-0.2, 0) is 6.42 Å². The summed E-state index contributed by atoms with van der Waals surface area (Å²) in [7, 11) is 0. The lowest BCUT2D eigenvalue weighted by molar-refractivity contribution is 0.111. The van der Waals surface area contributed by atoms with E-state index in [1.165, 1.54) is 0 Å². The Morgan fingerprint density at radius 3 is 3.33 bits per heavy atom. The number of nitrogens with zero attached hydrogens (tertiary/aromatic N) is 1. The maximum absolute atomic E-state index is 10.6. The quantitative estimate of drug-likeness (QED) is 0.584. The number of aldehydes is 1. The monoisotopic (exact) mass is 163 g/mol. The van der Waals surface area contributed by atoms with Gasteiger partial charge in [0, 0.05) is 6.20 Å². The summed E-state index contributed by atoms with van der Waals surface area (Å²) in [5, 5.41) is 0. The molecule has 2 rings (SSSR count). The minimum atomic E-state index is 0.611. The number of pyridine rings is 1. The van der Waals surface area contributed by atoms with Gasteiger partial charge in [-0.2, -0.15) is 0 Å². The minimum Gasteiger partial charge on any atom is -0.491 e. The van der Waals surface area contributed by atoms with E-state index in [4.69, 9.17) is 4.74 Å². The molecule has 0 saturated heterocycles. The van der Waals surface area contributed by atoms with Crippen LogP contribution in [0.5, 0.6) is 5.75 Å². The van der Waals surface area contributed by atoms with Gasteiger partial charge in [0.25, 0.3) is 0 Å². The van der Waals surface area contributed by atoms with Crippen molar-refractivity contribution >= 4 is 6.29 Å². The largest absolute Gasteiger partial charge is 0.491 e. The molecule has 0 fully saturated rings. The molecule has 0 saturated carbocycles. The summed E-state index contributed by atoms with van der Waals surface area (Å²) in [6, 6.07) is 1.68. The lowest BCUT2D eigenvalue weighted by Crippen LogP contribution is -2.11. The van der Waals surface area contributed by atoms with Crippen molar-refractivity contribution in [3.05, 3.63) is 23.5 Å². The highest BCUT2D eigenvalue weighted by molar-refractivity contribution is 5.79. The van der Waals surface area contributed by atoms with Crippen LogP contribution >= 0.6 is 0 Å². The van der Waals surface area contributed by atoms with E-state index >= 15 is 0 Å². The first kappa shape index (κ1) is 7.28. The van der Waals surface area contributed by atoms with Gasteiger partial charge in [-0.25, -0.2) is 0 Å². The summed E-state index contributed by atoms with van der Waals surface area (Å²) in [6.45, 7) is 0.694. The van der Waals surface area contributed by atoms with Crippen LogP contribution in [0, 0.1) is 0 Å². The predicted octanol–water partition coefficient (Wildman–Crippen LogP) is 1.22. The Bertz CT molecular complexity index is 309. The summed E-state index contributed by atoms with van der Waals surface area (Å²) >= 11 is 0. The summed E-state index contributed by atoms with van der Waals surface area (Å²) in [5.41, 5.74) is 1.52. The maximum Gasteiger partial charge on any atom is 0.153 e. The number of carbonyl (C=O) groups is 1. The highest BCUT2D eigenvalue weighted by Crippen LogP contribution is 2.25. The number of aromatic nitrogens is 1. The number of hydrogen-bond donors (Lipinski definition) is 0. The van der Waals surface area contributed by atoms with Gasteiger partial charge in [0.2, 0.25) is 0 Å². The van der Waals surface area contributed by atoms with Gasteiger partial charge in [0.1, 0.15) is 0 Å². The molecule has 1 aromatic rings. The van der Waals surface area contributed by atoms with Crippen LogP contribution in [0.4, 0.5) is 0 Å². The van der Waals surface area contributed by atoms with Gasteiger partial charge in [0.05, 0.1) is 17.9 Å². The number of hydrogen-bond acceptors (Lipinski definition) is 3. The normalized spacial score (nSPS) is 14.7. The zero-order valence-electron chi connectivity index (χ0n) is 6.62. The zero-order chi connectivity index (χ0) is 8.39. The minimum absolute atomic E-state index is 0.611. The zero-order valence-corrected chi connectivity index (χ0v) is 6.62. The molecule has 62 valence electrons. The van der Waals surface area contributed by atoms with E-state index in [2.05, 4.69) is 4.98 Å². The van der Waals surface area contributed by atoms with Gasteiger partial charge in [-0.3, -0.25) is 9.78 Å². The Labute approximate surface area is 70.4 Å². The summed E-state index contributed by atoms with van der Waals surface area (Å²) in [4.78, 5) is 14.7. The second-order valence-electron chi connectivity index (χ2n) is 2.75. The molecule has 0 atom stereocenters. The molecule has 3 nitrogen and oxygen atoms in total. The molecule has 0 spiro atoms. The fraction of sp³-hybridized carbons (Fsp3) is 0.333. The van der Waals surface area contributed by atoms with Gasteiger partial charge in [-0.1, -0.05) is 0 Å². The van der Waals surface area contributed by atoms with E-state index in [0.717, 1.165) is 24.8 Å². The number of rotatable bonds is 1. The van der Waals surface area contributed by atoms with Crippen molar-refractivity contribution in [1.29, 1.82) is 0 Å². The molecular formula is C9H9NO2. The van der Waals surface area contributed by atoms with Crippen molar-refractivity contribution in [2.24, 2.45) is 0 Å². The molecule has 3 heteroatoms. The second-order valence-corrected chi connectivity index (χ2v) is 2.75. The Morgan fingerprint density at radius 2 is 2.50 bits per heavy atom. The lowest BCUT2D eigenvalue weighted by atomic mass is 10.1. The van der Waals surface area contributed by atoms with Crippen LogP contribution in [0.1, 0.15) is 22.5 Å². The highest BCUT2D eigenvalue weighted by atomic mass is 16.5. The molecule has 2 heterocycles. The van der Waals surface area contributed by atoms with Crippen molar-refractivity contribution in [2.75, 3.05) is 6.61 Å². The van der Waals surface area contributed by atoms with E-state index in [1.54, 1.807) is 12.3 Å². The van der Waals surface area contributed by atoms with Crippen LogP contribution in [-0.4, -0.2) is 17.9 Å². The standard InChI is InChI=1S/C9H9NO2/c11-6-7-3-4-10-8-2-1-5-12-9(7)8/h3-4,6H,1-2,5H2. The molecule has 0 aromatic carbocycles. The number of aryl methyl sites for hydroxylation is 1. The molecule has 0 radical (unpaired) electrons. The van der Waals surface area contributed by atoms with Gasteiger partial charge >= 0.3 is 0 Å². The third-order valence-electron chi connectivity index (χ3n) is 1.94. The molecule has 1 aromatic heterocycles. The number of fused-ring (bicyclic) bond motifs is 1. The molecule has 1 aliphatic heterocycles. The lowest BCUT2D eigenvalue weighted by Gasteiger charge is -2.16. The van der Waals surface area contributed by atoms with Crippen molar-refractivity contribution in [3.8, 4) is 5.75 Å². The van der Waals surface area contributed by atoms with Crippen LogP contribution in [0.15, 0.2) is 12.3 Å². The number of carbonyl (C=O) groups excluding carboxylic acids is 1. The first-order valence-corrected chi connectivity index (χ1v) is 3.97. The SMILES string of the molecule is O=Cc1ccnc2c1OCCC2. The third-order valence-corrected chi connectivity index (χ3v) is 1.94.